The van der Waals surface area contributed by atoms with Crippen LogP contribution >= 0.6 is 11.3 Å². The quantitative estimate of drug-likeness (QED) is 0.383. The molecule has 1 unspecified atom stereocenters. The van der Waals surface area contributed by atoms with Crippen LogP contribution in [0.5, 0.6) is 0 Å². The molecule has 1 aromatic carbocycles. The Labute approximate surface area is 213 Å². The molecule has 3 N–H and O–H groups in total. The smallest absolute Gasteiger partial charge is 0.283 e. The Balaban J connectivity index is 1.38. The number of amides is 1. The number of hydrogen-bond donors (Lipinski definition) is 2. The average molecular weight is 524 g/mol. The minimum absolute atomic E-state index is 0.0735. The van der Waals surface area contributed by atoms with E-state index in [1.54, 1.807) is 34.2 Å². The van der Waals surface area contributed by atoms with Crippen molar-refractivity contribution in [2.45, 2.75) is 36.9 Å². The van der Waals surface area contributed by atoms with Crippen molar-refractivity contribution in [3.05, 3.63) is 45.4 Å². The van der Waals surface area contributed by atoms with E-state index in [0.717, 1.165) is 10.6 Å². The molecule has 1 saturated heterocycles. The van der Waals surface area contributed by atoms with Crippen LogP contribution in [-0.4, -0.2) is 70.7 Å². The number of terminal acetylenes is 1. The standard InChI is InChI=1S/C24H25N7O3S2/c1-2-16-5-6-19-17(12-16)13-22(27-19)36(33,34)30-10-11-31(18(14-30)4-3-8-25)24(32)23-28-20-7-9-29(26)15-21(20)35-23/h1,5-6,12-13,18,27H,3-4,7,9-11,14-15,26H2. The lowest BCUT2D eigenvalue weighted by atomic mass is 10.1. The first-order valence-electron chi connectivity index (χ1n) is 11.6. The van der Waals surface area contributed by atoms with Crippen LogP contribution < -0.4 is 5.84 Å². The van der Waals surface area contributed by atoms with E-state index in [1.807, 2.05) is 0 Å². The molecular formula is C24H25N7O3S2. The molecule has 36 heavy (non-hydrogen) atoms. The van der Waals surface area contributed by atoms with Crippen molar-refractivity contribution < 1.29 is 13.2 Å². The van der Waals surface area contributed by atoms with Gasteiger partial charge in [-0.3, -0.25) is 10.6 Å². The number of hydrogen-bond acceptors (Lipinski definition) is 8. The molecule has 0 bridgehead atoms. The van der Waals surface area contributed by atoms with Gasteiger partial charge in [-0.05, 0) is 30.7 Å². The summed E-state index contributed by atoms with van der Waals surface area (Å²) in [5.41, 5.74) is 2.23. The highest BCUT2D eigenvalue weighted by Gasteiger charge is 2.38. The first-order chi connectivity index (χ1) is 17.3. The third-order valence-electron chi connectivity index (χ3n) is 6.62. The van der Waals surface area contributed by atoms with E-state index in [9.17, 15) is 18.5 Å². The first-order valence-corrected chi connectivity index (χ1v) is 13.8. The zero-order chi connectivity index (χ0) is 25.4. The Bertz CT molecular complexity index is 1510. The number of carbonyl (C=O) groups excluding carboxylic acids is 1. The molecule has 186 valence electrons. The van der Waals surface area contributed by atoms with E-state index in [2.05, 4.69) is 22.0 Å². The number of rotatable bonds is 5. The van der Waals surface area contributed by atoms with Crippen molar-refractivity contribution in [1.82, 2.24) is 24.2 Å². The molecule has 0 saturated carbocycles. The van der Waals surface area contributed by atoms with Gasteiger partial charge in [-0.1, -0.05) is 5.92 Å². The predicted molar refractivity (Wildman–Crippen MR) is 135 cm³/mol. The van der Waals surface area contributed by atoms with Crippen molar-refractivity contribution >= 4 is 38.2 Å². The molecule has 3 aromatic rings. The van der Waals surface area contributed by atoms with Crippen LogP contribution in [-0.2, 0) is 23.0 Å². The minimum Gasteiger partial charge on any atom is -0.345 e. The molecule has 12 heteroatoms. The number of aromatic nitrogens is 2. The zero-order valence-corrected chi connectivity index (χ0v) is 21.1. The Morgan fingerprint density at radius 1 is 1.31 bits per heavy atom. The predicted octanol–water partition coefficient (Wildman–Crippen LogP) is 1.66. The fourth-order valence-electron chi connectivity index (χ4n) is 4.69. The van der Waals surface area contributed by atoms with Crippen LogP contribution in [0.1, 0.15) is 38.8 Å². The number of H-pyrrole nitrogens is 1. The van der Waals surface area contributed by atoms with E-state index in [0.29, 0.717) is 47.4 Å². The van der Waals surface area contributed by atoms with Gasteiger partial charge in [0.05, 0.1) is 11.8 Å². The number of fused-ring (bicyclic) bond motifs is 2. The van der Waals surface area contributed by atoms with Gasteiger partial charge in [0.15, 0.2) is 5.01 Å². The summed E-state index contributed by atoms with van der Waals surface area (Å²) in [6.45, 7) is 1.69. The van der Waals surface area contributed by atoms with Gasteiger partial charge in [0.2, 0.25) is 0 Å². The number of benzene rings is 1. The third kappa shape index (κ3) is 4.50. The monoisotopic (exact) mass is 523 g/mol. The average Bonchev–Trinajstić information content (AvgIpc) is 3.50. The summed E-state index contributed by atoms with van der Waals surface area (Å²) in [6, 6.07) is 8.51. The van der Waals surface area contributed by atoms with Crippen LogP contribution in [0.3, 0.4) is 0 Å². The van der Waals surface area contributed by atoms with Crippen molar-refractivity contribution in [3.8, 4) is 18.4 Å². The van der Waals surface area contributed by atoms with Crippen LogP contribution in [0, 0.1) is 23.7 Å². The Kier molecular flexibility index (Phi) is 6.55. The number of piperazine rings is 1. The van der Waals surface area contributed by atoms with E-state index in [-0.39, 0.29) is 37.0 Å². The van der Waals surface area contributed by atoms with Crippen LogP contribution in [0.4, 0.5) is 0 Å². The second kappa shape index (κ2) is 9.65. The van der Waals surface area contributed by atoms with Gasteiger partial charge >= 0.3 is 0 Å². The van der Waals surface area contributed by atoms with Gasteiger partial charge in [-0.2, -0.15) is 9.57 Å². The summed E-state index contributed by atoms with van der Waals surface area (Å²) >= 11 is 1.34. The molecule has 2 aliphatic heterocycles. The Hall–Kier alpha value is -3.26. The number of hydrazine groups is 1. The highest BCUT2D eigenvalue weighted by atomic mass is 32.2. The molecule has 2 aliphatic rings. The summed E-state index contributed by atoms with van der Waals surface area (Å²) in [6.07, 6.45) is 6.73. The van der Waals surface area contributed by atoms with E-state index < -0.39 is 16.1 Å². The molecule has 1 fully saturated rings. The number of carbonyl (C=O) groups is 1. The summed E-state index contributed by atoms with van der Waals surface area (Å²) in [5.74, 6) is 8.23. The summed E-state index contributed by atoms with van der Waals surface area (Å²) in [4.78, 5) is 23.6. The van der Waals surface area contributed by atoms with E-state index in [1.165, 1.54) is 15.6 Å². The molecule has 10 nitrogen and oxygen atoms in total. The van der Waals surface area contributed by atoms with Crippen LogP contribution in [0.15, 0.2) is 29.3 Å². The molecular weight excluding hydrogens is 498 g/mol. The van der Waals surface area contributed by atoms with Gasteiger partial charge in [0.1, 0.15) is 5.03 Å². The number of thiazole rings is 1. The lowest BCUT2D eigenvalue weighted by Gasteiger charge is -2.40. The summed E-state index contributed by atoms with van der Waals surface area (Å²) < 4.78 is 28.4. The largest absolute Gasteiger partial charge is 0.345 e. The molecule has 0 aliphatic carbocycles. The fourth-order valence-corrected chi connectivity index (χ4v) is 7.27. The van der Waals surface area contributed by atoms with Crippen molar-refractivity contribution in [2.24, 2.45) is 5.84 Å². The first kappa shape index (κ1) is 24.4. The molecule has 0 spiro atoms. The maximum atomic E-state index is 13.5. The normalized spacial score (nSPS) is 19.1. The minimum atomic E-state index is -3.85. The lowest BCUT2D eigenvalue weighted by Crippen LogP contribution is -2.56. The Morgan fingerprint density at radius 3 is 2.92 bits per heavy atom. The number of nitrogens with zero attached hydrogens (tertiary/aromatic N) is 5. The van der Waals surface area contributed by atoms with Crippen LogP contribution in [0.2, 0.25) is 0 Å². The molecule has 1 amide bonds. The molecule has 2 aromatic heterocycles. The van der Waals surface area contributed by atoms with Gasteiger partial charge in [-0.25, -0.2) is 18.4 Å². The molecule has 0 radical (unpaired) electrons. The highest BCUT2D eigenvalue weighted by Crippen LogP contribution is 2.29. The van der Waals surface area contributed by atoms with Gasteiger partial charge in [0, 0.05) is 73.0 Å². The number of nitriles is 1. The molecule has 4 heterocycles. The Morgan fingerprint density at radius 2 is 2.14 bits per heavy atom. The van der Waals surface area contributed by atoms with E-state index >= 15 is 0 Å². The lowest BCUT2D eigenvalue weighted by molar-refractivity contribution is 0.0552. The number of sulfonamides is 1. The fraction of sp³-hybridized carbons (Fsp3) is 0.375. The summed E-state index contributed by atoms with van der Waals surface area (Å²) in [5, 5.41) is 12.0. The number of aromatic amines is 1. The van der Waals surface area contributed by atoms with Gasteiger partial charge < -0.3 is 9.88 Å². The number of nitrogens with one attached hydrogen (secondary N) is 1. The zero-order valence-electron chi connectivity index (χ0n) is 19.5. The van der Waals surface area contributed by atoms with Crippen molar-refractivity contribution in [1.29, 1.82) is 5.26 Å². The second-order valence-corrected chi connectivity index (χ2v) is 11.9. The van der Waals surface area contributed by atoms with Crippen molar-refractivity contribution in [2.75, 3.05) is 26.2 Å². The summed E-state index contributed by atoms with van der Waals surface area (Å²) in [7, 11) is -3.85. The second-order valence-electron chi connectivity index (χ2n) is 8.90. The number of nitrogens with two attached hydrogens (primary N) is 1. The SMILES string of the molecule is C#Cc1ccc2[nH]c(S(=O)(=O)N3CCN(C(=O)c4nc5c(s4)CN(N)CC5)C(CCC#N)C3)cc2c1. The molecule has 5 rings (SSSR count). The highest BCUT2D eigenvalue weighted by molar-refractivity contribution is 7.89. The van der Waals surface area contributed by atoms with Gasteiger partial charge in [0.25, 0.3) is 15.9 Å². The van der Waals surface area contributed by atoms with Gasteiger partial charge in [-0.15, -0.1) is 17.8 Å². The van der Waals surface area contributed by atoms with E-state index in [4.69, 9.17) is 12.3 Å². The maximum absolute atomic E-state index is 13.5. The van der Waals surface area contributed by atoms with Crippen molar-refractivity contribution in [3.63, 3.8) is 0 Å². The molecule has 1 atom stereocenters. The maximum Gasteiger partial charge on any atom is 0.283 e. The van der Waals surface area contributed by atoms with Crippen LogP contribution in [0.25, 0.3) is 10.9 Å². The third-order valence-corrected chi connectivity index (χ3v) is 9.48. The topological polar surface area (TPSA) is 139 Å².